The Morgan fingerprint density at radius 3 is 2.74 bits per heavy atom. The van der Waals surface area contributed by atoms with Crippen LogP contribution in [0.3, 0.4) is 0 Å². The van der Waals surface area contributed by atoms with Crippen molar-refractivity contribution in [1.29, 1.82) is 0 Å². The number of hydrogen-bond donors (Lipinski definition) is 2. The van der Waals surface area contributed by atoms with E-state index < -0.39 is 5.60 Å². The summed E-state index contributed by atoms with van der Waals surface area (Å²) < 4.78 is 5.39. The summed E-state index contributed by atoms with van der Waals surface area (Å²) in [6.07, 6.45) is 1.31. The van der Waals surface area contributed by atoms with Crippen molar-refractivity contribution in [3.8, 4) is 0 Å². The molecule has 2 rings (SSSR count). The third-order valence-electron chi connectivity index (χ3n) is 3.97. The summed E-state index contributed by atoms with van der Waals surface area (Å²) in [7, 11) is 0. The molecule has 0 saturated carbocycles. The number of likely N-dealkylation sites (tertiary alicyclic amines) is 1. The molecule has 0 spiro atoms. The summed E-state index contributed by atoms with van der Waals surface area (Å²) in [6, 6.07) is 0. The normalized spacial score (nSPS) is 32.4. The number of nitrogens with zero attached hydrogens (tertiary/aromatic N) is 1. The third-order valence-corrected chi connectivity index (χ3v) is 3.97. The molecule has 0 bridgehead atoms. The number of aliphatic hydroxyl groups excluding tert-OH is 1. The second-order valence-corrected chi connectivity index (χ2v) is 6.70. The van der Waals surface area contributed by atoms with Crippen LogP contribution in [-0.2, 0) is 4.74 Å². The molecule has 3 unspecified atom stereocenters. The van der Waals surface area contributed by atoms with Crippen LogP contribution in [0.1, 0.15) is 33.6 Å². The predicted molar refractivity (Wildman–Crippen MR) is 72.9 cm³/mol. The predicted octanol–water partition coefficient (Wildman–Crippen LogP) is 1.21. The molecule has 0 aromatic carbocycles. The van der Waals surface area contributed by atoms with Gasteiger partial charge in [-0.2, -0.15) is 0 Å². The van der Waals surface area contributed by atoms with Crippen molar-refractivity contribution < 1.29 is 14.6 Å². The van der Waals surface area contributed by atoms with Gasteiger partial charge in [-0.15, -0.1) is 0 Å². The molecule has 2 fully saturated rings. The van der Waals surface area contributed by atoms with Gasteiger partial charge in [0.1, 0.15) is 5.60 Å². The fourth-order valence-electron chi connectivity index (χ4n) is 2.98. The minimum absolute atomic E-state index is 0.228. The Morgan fingerprint density at radius 2 is 2.11 bits per heavy atom. The van der Waals surface area contributed by atoms with Crippen LogP contribution in [0.15, 0.2) is 0 Å². The summed E-state index contributed by atoms with van der Waals surface area (Å²) in [5.74, 6) is 0.650. The average Bonchev–Trinajstić information content (AvgIpc) is 2.76. The van der Waals surface area contributed by atoms with Crippen LogP contribution in [0.5, 0.6) is 0 Å². The standard InChI is InChI=1S/C14H26N2O3/c1-14(2,3)19-13(18)16-7-5-10(9-16)11-8-15-6-4-12(11)17/h10-12,15,17H,4-9H2,1-3H3. The van der Waals surface area contributed by atoms with Gasteiger partial charge < -0.3 is 20.1 Å². The van der Waals surface area contributed by atoms with Gasteiger partial charge in [0.05, 0.1) is 6.10 Å². The fraction of sp³-hybridized carbons (Fsp3) is 0.929. The molecule has 2 aliphatic heterocycles. The molecule has 19 heavy (non-hydrogen) atoms. The molecule has 0 aromatic rings. The number of ether oxygens (including phenoxy) is 1. The highest BCUT2D eigenvalue weighted by atomic mass is 16.6. The smallest absolute Gasteiger partial charge is 0.410 e. The minimum atomic E-state index is -0.443. The number of aliphatic hydroxyl groups is 1. The van der Waals surface area contributed by atoms with Crippen molar-refractivity contribution in [1.82, 2.24) is 10.2 Å². The maximum atomic E-state index is 12.0. The molecule has 1 amide bonds. The van der Waals surface area contributed by atoms with Crippen molar-refractivity contribution >= 4 is 6.09 Å². The first-order chi connectivity index (χ1) is 8.87. The quantitative estimate of drug-likeness (QED) is 0.752. The summed E-state index contributed by atoms with van der Waals surface area (Å²) >= 11 is 0. The number of rotatable bonds is 1. The zero-order valence-electron chi connectivity index (χ0n) is 12.2. The van der Waals surface area contributed by atoms with Crippen LogP contribution in [0.25, 0.3) is 0 Å². The van der Waals surface area contributed by atoms with Gasteiger partial charge >= 0.3 is 6.09 Å². The summed E-state index contributed by atoms with van der Waals surface area (Å²) in [5, 5.41) is 13.4. The van der Waals surface area contributed by atoms with E-state index >= 15 is 0 Å². The van der Waals surface area contributed by atoms with Crippen molar-refractivity contribution in [2.75, 3.05) is 26.2 Å². The van der Waals surface area contributed by atoms with E-state index in [4.69, 9.17) is 4.74 Å². The second kappa shape index (κ2) is 5.67. The maximum absolute atomic E-state index is 12.0. The highest BCUT2D eigenvalue weighted by molar-refractivity contribution is 5.68. The summed E-state index contributed by atoms with van der Waals surface area (Å²) in [5.41, 5.74) is -0.443. The van der Waals surface area contributed by atoms with Crippen LogP contribution in [0, 0.1) is 11.8 Å². The molecular formula is C14H26N2O3. The van der Waals surface area contributed by atoms with Gasteiger partial charge in [-0.1, -0.05) is 0 Å². The Morgan fingerprint density at radius 1 is 1.37 bits per heavy atom. The molecule has 0 aliphatic carbocycles. The first-order valence-electron chi connectivity index (χ1n) is 7.23. The lowest BCUT2D eigenvalue weighted by Crippen LogP contribution is -2.44. The molecule has 5 heteroatoms. The van der Waals surface area contributed by atoms with Crippen molar-refractivity contribution in [2.24, 2.45) is 11.8 Å². The zero-order chi connectivity index (χ0) is 14.0. The lowest BCUT2D eigenvalue weighted by Gasteiger charge is -2.33. The van der Waals surface area contributed by atoms with Gasteiger partial charge in [0.15, 0.2) is 0 Å². The van der Waals surface area contributed by atoms with Gasteiger partial charge in [-0.05, 0) is 46.1 Å². The topological polar surface area (TPSA) is 61.8 Å². The largest absolute Gasteiger partial charge is 0.444 e. The number of carbonyl (C=O) groups is 1. The van der Waals surface area contributed by atoms with E-state index in [1.54, 1.807) is 4.90 Å². The lowest BCUT2D eigenvalue weighted by atomic mass is 9.83. The molecule has 0 aromatic heterocycles. The molecule has 0 radical (unpaired) electrons. The van der Waals surface area contributed by atoms with Crippen LogP contribution in [0.4, 0.5) is 4.79 Å². The van der Waals surface area contributed by atoms with E-state index in [-0.39, 0.29) is 18.1 Å². The highest BCUT2D eigenvalue weighted by Gasteiger charge is 2.37. The minimum Gasteiger partial charge on any atom is -0.444 e. The second-order valence-electron chi connectivity index (χ2n) is 6.70. The van der Waals surface area contributed by atoms with Gasteiger partial charge in [0.2, 0.25) is 0 Å². The van der Waals surface area contributed by atoms with Crippen LogP contribution >= 0.6 is 0 Å². The van der Waals surface area contributed by atoms with E-state index in [1.807, 2.05) is 20.8 Å². The molecule has 3 atom stereocenters. The van der Waals surface area contributed by atoms with Gasteiger partial charge in [-0.3, -0.25) is 0 Å². The van der Waals surface area contributed by atoms with Crippen molar-refractivity contribution in [2.45, 2.75) is 45.3 Å². The maximum Gasteiger partial charge on any atom is 0.410 e. The first kappa shape index (κ1) is 14.6. The Bertz CT molecular complexity index is 327. The lowest BCUT2D eigenvalue weighted by molar-refractivity contribution is 0.0234. The molecule has 110 valence electrons. The Hall–Kier alpha value is -0.810. The highest BCUT2D eigenvalue weighted by Crippen LogP contribution is 2.29. The van der Waals surface area contributed by atoms with E-state index in [0.717, 1.165) is 32.5 Å². The van der Waals surface area contributed by atoms with E-state index in [0.29, 0.717) is 12.5 Å². The van der Waals surface area contributed by atoms with E-state index in [2.05, 4.69) is 5.32 Å². The number of amides is 1. The molecule has 2 N–H and O–H groups in total. The number of carbonyl (C=O) groups excluding carboxylic acids is 1. The van der Waals surface area contributed by atoms with Crippen molar-refractivity contribution in [3.05, 3.63) is 0 Å². The summed E-state index contributed by atoms with van der Waals surface area (Å²) in [6.45, 7) is 8.84. The molecule has 5 nitrogen and oxygen atoms in total. The Balaban J connectivity index is 1.87. The van der Waals surface area contributed by atoms with Gasteiger partial charge in [0, 0.05) is 25.6 Å². The monoisotopic (exact) mass is 270 g/mol. The number of piperidine rings is 1. The SMILES string of the molecule is CC(C)(C)OC(=O)N1CCC(C2CNCCC2O)C1. The van der Waals surface area contributed by atoms with E-state index in [1.165, 1.54) is 0 Å². The van der Waals surface area contributed by atoms with E-state index in [9.17, 15) is 9.90 Å². The fourth-order valence-corrected chi connectivity index (χ4v) is 2.98. The van der Waals surface area contributed by atoms with Crippen LogP contribution in [-0.4, -0.2) is 54.0 Å². The number of nitrogens with one attached hydrogen (secondary N) is 1. The van der Waals surface area contributed by atoms with Crippen molar-refractivity contribution in [3.63, 3.8) is 0 Å². The van der Waals surface area contributed by atoms with Crippen LogP contribution < -0.4 is 5.32 Å². The first-order valence-corrected chi connectivity index (χ1v) is 7.23. The van der Waals surface area contributed by atoms with Gasteiger partial charge in [0.25, 0.3) is 0 Å². The number of hydrogen-bond acceptors (Lipinski definition) is 4. The summed E-state index contributed by atoms with van der Waals surface area (Å²) in [4.78, 5) is 13.8. The average molecular weight is 270 g/mol. The van der Waals surface area contributed by atoms with Crippen LogP contribution in [0.2, 0.25) is 0 Å². The molecule has 2 aliphatic rings. The molecule has 2 saturated heterocycles. The zero-order valence-corrected chi connectivity index (χ0v) is 12.2. The third kappa shape index (κ3) is 3.83. The molecule has 2 heterocycles. The Kier molecular flexibility index (Phi) is 4.36. The Labute approximate surface area is 115 Å². The molecular weight excluding hydrogens is 244 g/mol. The van der Waals surface area contributed by atoms with Gasteiger partial charge in [-0.25, -0.2) is 4.79 Å².